The van der Waals surface area contributed by atoms with Crippen LogP contribution in [0.1, 0.15) is 12.6 Å². The third kappa shape index (κ3) is 2.63. The molecule has 0 spiro atoms. The number of para-hydroxylation sites is 1. The van der Waals surface area contributed by atoms with Crippen molar-refractivity contribution in [1.82, 2.24) is 14.8 Å². The number of hydrogen-bond donors (Lipinski definition) is 1. The number of benzene rings is 1. The largest absolute Gasteiger partial charge is 0.484 e. The smallest absolute Gasteiger partial charge is 0.167 e. The Morgan fingerprint density at radius 3 is 2.82 bits per heavy atom. The number of nitrogen functional groups attached to an aromatic ring is 1. The predicted molar refractivity (Wildman–Crippen MR) is 84.2 cm³/mol. The maximum atomic E-state index is 11.1. The fourth-order valence-corrected chi connectivity index (χ4v) is 2.23. The van der Waals surface area contributed by atoms with Crippen LogP contribution in [0.5, 0.6) is 5.75 Å². The van der Waals surface area contributed by atoms with Crippen LogP contribution in [0, 0.1) is 6.92 Å². The number of nitrogens with two attached hydrogens (primary N) is 1. The lowest BCUT2D eigenvalue weighted by Gasteiger charge is -2.09. The van der Waals surface area contributed by atoms with Gasteiger partial charge in [0.05, 0.1) is 5.69 Å². The van der Waals surface area contributed by atoms with Crippen molar-refractivity contribution in [3.8, 4) is 11.6 Å². The highest BCUT2D eigenvalue weighted by atomic mass is 16.5. The number of ketones is 1. The maximum Gasteiger partial charge on any atom is 0.167 e. The number of carbonyl (C=O) groups excluding carboxylic acids is 1. The van der Waals surface area contributed by atoms with E-state index in [1.165, 1.54) is 6.92 Å². The van der Waals surface area contributed by atoms with Gasteiger partial charge in [0.25, 0.3) is 0 Å². The molecular weight excluding hydrogens is 280 g/mol. The summed E-state index contributed by atoms with van der Waals surface area (Å²) in [5.74, 6) is 1.65. The van der Waals surface area contributed by atoms with Crippen molar-refractivity contribution in [2.24, 2.45) is 0 Å². The molecule has 0 bridgehead atoms. The number of anilines is 1. The highest BCUT2D eigenvalue weighted by Crippen LogP contribution is 2.25. The van der Waals surface area contributed by atoms with Gasteiger partial charge in [-0.3, -0.25) is 4.79 Å². The van der Waals surface area contributed by atoms with Crippen molar-refractivity contribution >= 4 is 22.5 Å². The van der Waals surface area contributed by atoms with Crippen molar-refractivity contribution in [3.05, 3.63) is 42.1 Å². The van der Waals surface area contributed by atoms with E-state index in [0.717, 1.165) is 11.1 Å². The topological polar surface area (TPSA) is 83.0 Å². The Balaban J connectivity index is 2.09. The van der Waals surface area contributed by atoms with Crippen LogP contribution in [-0.4, -0.2) is 27.2 Å². The molecule has 0 radical (unpaired) electrons. The summed E-state index contributed by atoms with van der Waals surface area (Å²) in [6.45, 7) is 3.38. The fraction of sp³-hybridized carbons (Fsp3) is 0.188. The van der Waals surface area contributed by atoms with Gasteiger partial charge < -0.3 is 10.5 Å². The molecule has 2 aromatic heterocycles. The van der Waals surface area contributed by atoms with Gasteiger partial charge in [-0.25, -0.2) is 4.98 Å². The highest BCUT2D eigenvalue weighted by molar-refractivity contribution is 5.86. The molecule has 6 nitrogen and oxygen atoms in total. The number of nitrogens with zero attached hydrogens (tertiary/aromatic N) is 3. The number of ether oxygens (including phenoxy) is 1. The van der Waals surface area contributed by atoms with Crippen molar-refractivity contribution in [1.29, 1.82) is 0 Å². The summed E-state index contributed by atoms with van der Waals surface area (Å²) in [5, 5.41) is 5.25. The molecule has 3 aromatic rings. The first kappa shape index (κ1) is 14.1. The Kier molecular flexibility index (Phi) is 3.50. The number of aryl methyl sites for hydroxylation is 1. The second kappa shape index (κ2) is 5.48. The van der Waals surface area contributed by atoms with E-state index in [2.05, 4.69) is 10.1 Å². The molecule has 2 N–H and O–H groups in total. The average molecular weight is 296 g/mol. The van der Waals surface area contributed by atoms with E-state index in [-0.39, 0.29) is 12.4 Å². The van der Waals surface area contributed by atoms with Crippen molar-refractivity contribution in [2.45, 2.75) is 13.8 Å². The summed E-state index contributed by atoms with van der Waals surface area (Å²) in [5.41, 5.74) is 7.43. The van der Waals surface area contributed by atoms with E-state index in [9.17, 15) is 4.79 Å². The van der Waals surface area contributed by atoms with Crippen LogP contribution in [0.3, 0.4) is 0 Å². The molecule has 112 valence electrons. The number of pyridine rings is 1. The minimum absolute atomic E-state index is 0.0219. The van der Waals surface area contributed by atoms with Crippen molar-refractivity contribution in [2.75, 3.05) is 12.3 Å². The Morgan fingerprint density at radius 1 is 1.32 bits per heavy atom. The monoisotopic (exact) mass is 296 g/mol. The summed E-state index contributed by atoms with van der Waals surface area (Å²) in [7, 11) is 0. The second-order valence-corrected chi connectivity index (χ2v) is 5.11. The molecule has 6 heteroatoms. The van der Waals surface area contributed by atoms with Crippen LogP contribution >= 0.6 is 0 Å². The third-order valence-corrected chi connectivity index (χ3v) is 3.18. The predicted octanol–water partition coefficient (Wildman–Crippen LogP) is 2.28. The number of hydrogen-bond acceptors (Lipinski definition) is 5. The lowest BCUT2D eigenvalue weighted by Crippen LogP contribution is -2.08. The molecule has 1 aromatic carbocycles. The first-order valence-corrected chi connectivity index (χ1v) is 6.89. The Bertz CT molecular complexity index is 854. The van der Waals surface area contributed by atoms with Gasteiger partial charge in [0.15, 0.2) is 11.6 Å². The number of carbonyl (C=O) groups is 1. The third-order valence-electron chi connectivity index (χ3n) is 3.18. The van der Waals surface area contributed by atoms with Gasteiger partial charge in [-0.05, 0) is 32.0 Å². The van der Waals surface area contributed by atoms with E-state index < -0.39 is 0 Å². The zero-order chi connectivity index (χ0) is 15.7. The molecule has 0 saturated heterocycles. The average Bonchev–Trinajstić information content (AvgIpc) is 2.83. The van der Waals surface area contributed by atoms with E-state index in [0.29, 0.717) is 22.9 Å². The standard InChI is InChI=1S/C16H16N4O2/c1-10-8-14(17)20(19-10)15-7-6-12-4-3-5-13(16(12)18-15)22-9-11(2)21/h3-8H,9,17H2,1-2H3. The molecule has 0 fully saturated rings. The SMILES string of the molecule is CC(=O)COc1cccc2ccc(-n3nc(C)cc3N)nc12. The Hall–Kier alpha value is -2.89. The van der Waals surface area contributed by atoms with Gasteiger partial charge in [-0.15, -0.1) is 0 Å². The van der Waals surface area contributed by atoms with Gasteiger partial charge in [-0.2, -0.15) is 9.78 Å². The molecular formula is C16H16N4O2. The molecule has 0 saturated carbocycles. The number of rotatable bonds is 4. The lowest BCUT2D eigenvalue weighted by atomic mass is 10.2. The van der Waals surface area contributed by atoms with Gasteiger partial charge in [-0.1, -0.05) is 12.1 Å². The summed E-state index contributed by atoms with van der Waals surface area (Å²) in [6, 6.07) is 11.1. The van der Waals surface area contributed by atoms with E-state index in [1.807, 2.05) is 31.2 Å². The normalized spacial score (nSPS) is 10.8. The van der Waals surface area contributed by atoms with Crippen molar-refractivity contribution in [3.63, 3.8) is 0 Å². The first-order valence-electron chi connectivity index (χ1n) is 6.89. The zero-order valence-corrected chi connectivity index (χ0v) is 12.4. The molecule has 0 atom stereocenters. The fourth-order valence-electron chi connectivity index (χ4n) is 2.23. The van der Waals surface area contributed by atoms with Gasteiger partial charge in [0.2, 0.25) is 0 Å². The summed E-state index contributed by atoms with van der Waals surface area (Å²) in [4.78, 5) is 15.7. The van der Waals surface area contributed by atoms with E-state index in [1.54, 1.807) is 16.8 Å². The lowest BCUT2D eigenvalue weighted by molar-refractivity contribution is -0.118. The molecule has 0 amide bonds. The molecule has 3 rings (SSSR count). The Morgan fingerprint density at radius 2 is 2.14 bits per heavy atom. The van der Waals surface area contributed by atoms with Gasteiger partial charge in [0, 0.05) is 11.5 Å². The van der Waals surface area contributed by atoms with Crippen LogP contribution in [0.25, 0.3) is 16.7 Å². The van der Waals surface area contributed by atoms with E-state index in [4.69, 9.17) is 10.5 Å². The summed E-state index contributed by atoms with van der Waals surface area (Å²) in [6.07, 6.45) is 0. The number of fused-ring (bicyclic) bond motifs is 1. The second-order valence-electron chi connectivity index (χ2n) is 5.11. The highest BCUT2D eigenvalue weighted by Gasteiger charge is 2.10. The molecule has 0 aliphatic rings. The van der Waals surface area contributed by atoms with Crippen LogP contribution in [0.2, 0.25) is 0 Å². The zero-order valence-electron chi connectivity index (χ0n) is 12.4. The quantitative estimate of drug-likeness (QED) is 0.798. The molecule has 0 aliphatic carbocycles. The number of Topliss-reactive ketones (excluding diaryl/α,β-unsaturated/α-hetero) is 1. The molecule has 0 aliphatic heterocycles. The van der Waals surface area contributed by atoms with Crippen LogP contribution < -0.4 is 10.5 Å². The van der Waals surface area contributed by atoms with E-state index >= 15 is 0 Å². The van der Waals surface area contributed by atoms with Gasteiger partial charge >= 0.3 is 0 Å². The van der Waals surface area contributed by atoms with Gasteiger partial charge in [0.1, 0.15) is 23.7 Å². The molecule has 2 heterocycles. The number of aromatic nitrogens is 3. The van der Waals surface area contributed by atoms with Crippen LogP contribution in [0.4, 0.5) is 5.82 Å². The first-order chi connectivity index (χ1) is 10.5. The molecule has 0 unspecified atom stereocenters. The van der Waals surface area contributed by atoms with Crippen molar-refractivity contribution < 1.29 is 9.53 Å². The maximum absolute atomic E-state index is 11.1. The molecule has 22 heavy (non-hydrogen) atoms. The minimum Gasteiger partial charge on any atom is -0.484 e. The Labute approximate surface area is 127 Å². The minimum atomic E-state index is -0.0416. The van der Waals surface area contributed by atoms with Crippen LogP contribution in [-0.2, 0) is 4.79 Å². The van der Waals surface area contributed by atoms with Crippen LogP contribution in [0.15, 0.2) is 36.4 Å². The summed E-state index contributed by atoms with van der Waals surface area (Å²) < 4.78 is 7.11. The summed E-state index contributed by atoms with van der Waals surface area (Å²) >= 11 is 0.